The molecule has 1 atom stereocenters. The van der Waals surface area contributed by atoms with Crippen molar-refractivity contribution in [2.75, 3.05) is 18.4 Å². The number of carbonyl (C=O) groups is 1. The molecular weight excluding hydrogens is 440 g/mol. The van der Waals surface area contributed by atoms with E-state index in [9.17, 15) is 13.2 Å². The van der Waals surface area contributed by atoms with Crippen LogP contribution in [0.4, 0.5) is 5.82 Å². The second-order valence-corrected chi connectivity index (χ2v) is 9.94. The standard InChI is InChI=1S/C20H23ClN6O3S/c1-25-14-18(11-22-25)31(29,30)27-9-2-3-16(13-27)20(28)23-19-8-10-26(24-19)12-15-4-6-17(21)7-5-15/h4-8,10-11,14,16H,2-3,9,12-13H2,1H3,(H,23,24,28)/t16-/m0/s1. The molecule has 1 aliphatic heterocycles. The third-order valence-electron chi connectivity index (χ3n) is 5.22. The second-order valence-electron chi connectivity index (χ2n) is 7.57. The molecule has 2 aromatic heterocycles. The Kier molecular flexibility index (Phi) is 6.12. The summed E-state index contributed by atoms with van der Waals surface area (Å²) >= 11 is 5.91. The van der Waals surface area contributed by atoms with Crippen molar-refractivity contribution in [2.24, 2.45) is 13.0 Å². The molecule has 0 bridgehead atoms. The lowest BCUT2D eigenvalue weighted by atomic mass is 9.99. The maximum atomic E-state index is 12.8. The number of piperidine rings is 1. The van der Waals surface area contributed by atoms with Crippen molar-refractivity contribution >= 4 is 33.3 Å². The number of aryl methyl sites for hydroxylation is 1. The summed E-state index contributed by atoms with van der Waals surface area (Å²) in [7, 11) is -2.01. The van der Waals surface area contributed by atoms with Crippen molar-refractivity contribution < 1.29 is 13.2 Å². The number of carbonyl (C=O) groups excluding carboxylic acids is 1. The van der Waals surface area contributed by atoms with Crippen LogP contribution in [0.2, 0.25) is 5.02 Å². The quantitative estimate of drug-likeness (QED) is 0.605. The van der Waals surface area contributed by atoms with Crippen LogP contribution in [0, 0.1) is 5.92 Å². The van der Waals surface area contributed by atoms with Gasteiger partial charge in [0.15, 0.2) is 5.82 Å². The Labute approximate surface area is 185 Å². The predicted octanol–water partition coefficient (Wildman–Crippen LogP) is 2.36. The van der Waals surface area contributed by atoms with E-state index in [1.807, 2.05) is 24.3 Å². The van der Waals surface area contributed by atoms with Gasteiger partial charge in [-0.2, -0.15) is 14.5 Å². The zero-order valence-corrected chi connectivity index (χ0v) is 18.6. The molecular formula is C20H23ClN6O3S. The number of sulfonamides is 1. The molecule has 11 heteroatoms. The first-order chi connectivity index (χ1) is 14.8. The number of nitrogens with zero attached hydrogens (tertiary/aromatic N) is 5. The van der Waals surface area contributed by atoms with Gasteiger partial charge < -0.3 is 5.32 Å². The first-order valence-corrected chi connectivity index (χ1v) is 11.7. The van der Waals surface area contributed by atoms with E-state index in [0.717, 1.165) is 5.56 Å². The molecule has 0 unspecified atom stereocenters. The summed E-state index contributed by atoms with van der Waals surface area (Å²) in [4.78, 5) is 12.9. The van der Waals surface area contributed by atoms with E-state index < -0.39 is 15.9 Å². The molecule has 1 fully saturated rings. The zero-order valence-electron chi connectivity index (χ0n) is 17.0. The van der Waals surface area contributed by atoms with Gasteiger partial charge in [0.2, 0.25) is 15.9 Å². The Hall–Kier alpha value is -2.69. The van der Waals surface area contributed by atoms with Crippen LogP contribution < -0.4 is 5.32 Å². The Morgan fingerprint density at radius 3 is 2.74 bits per heavy atom. The van der Waals surface area contributed by atoms with Gasteiger partial charge in [0.25, 0.3) is 0 Å². The van der Waals surface area contributed by atoms with Gasteiger partial charge in [-0.1, -0.05) is 23.7 Å². The highest BCUT2D eigenvalue weighted by Gasteiger charge is 2.34. The van der Waals surface area contributed by atoms with E-state index in [-0.39, 0.29) is 17.3 Å². The van der Waals surface area contributed by atoms with Crippen molar-refractivity contribution in [3.05, 3.63) is 59.5 Å². The molecule has 1 N–H and O–H groups in total. The van der Waals surface area contributed by atoms with Crippen LogP contribution in [0.3, 0.4) is 0 Å². The molecule has 1 aromatic carbocycles. The summed E-state index contributed by atoms with van der Waals surface area (Å²) in [5.74, 6) is -0.240. The highest BCUT2D eigenvalue weighted by molar-refractivity contribution is 7.89. The van der Waals surface area contributed by atoms with Crippen molar-refractivity contribution in [1.82, 2.24) is 23.9 Å². The lowest BCUT2D eigenvalue weighted by Crippen LogP contribution is -2.43. The van der Waals surface area contributed by atoms with Crippen molar-refractivity contribution in [1.29, 1.82) is 0 Å². The number of hydrogen-bond donors (Lipinski definition) is 1. The van der Waals surface area contributed by atoms with Gasteiger partial charge in [-0.3, -0.25) is 14.2 Å². The largest absolute Gasteiger partial charge is 0.309 e. The molecule has 1 amide bonds. The fourth-order valence-corrected chi connectivity index (χ4v) is 5.21. The molecule has 3 heterocycles. The number of amides is 1. The van der Waals surface area contributed by atoms with Crippen molar-refractivity contribution in [2.45, 2.75) is 24.3 Å². The van der Waals surface area contributed by atoms with E-state index >= 15 is 0 Å². The van der Waals surface area contributed by atoms with E-state index in [4.69, 9.17) is 11.6 Å². The average molecular weight is 463 g/mol. The van der Waals surface area contributed by atoms with Crippen LogP contribution in [-0.4, -0.2) is 51.3 Å². The number of nitrogens with one attached hydrogen (secondary N) is 1. The first-order valence-electron chi connectivity index (χ1n) is 9.89. The number of aromatic nitrogens is 4. The summed E-state index contributed by atoms with van der Waals surface area (Å²) in [6, 6.07) is 9.19. The summed E-state index contributed by atoms with van der Waals surface area (Å²) in [5, 5.41) is 11.8. The second kappa shape index (κ2) is 8.81. The Bertz CT molecular complexity index is 1170. The zero-order chi connectivity index (χ0) is 22.0. The lowest BCUT2D eigenvalue weighted by Gasteiger charge is -2.30. The van der Waals surface area contributed by atoms with Gasteiger partial charge in [0.05, 0.1) is 18.7 Å². The van der Waals surface area contributed by atoms with Crippen LogP contribution in [0.15, 0.2) is 53.8 Å². The number of halogens is 1. The summed E-state index contributed by atoms with van der Waals surface area (Å²) in [6.07, 6.45) is 5.81. The van der Waals surface area contributed by atoms with Crippen LogP contribution >= 0.6 is 11.6 Å². The van der Waals surface area contributed by atoms with Gasteiger partial charge >= 0.3 is 0 Å². The van der Waals surface area contributed by atoms with E-state index in [0.29, 0.717) is 36.8 Å². The number of rotatable bonds is 6. The number of benzene rings is 1. The molecule has 31 heavy (non-hydrogen) atoms. The van der Waals surface area contributed by atoms with Gasteiger partial charge in [0, 0.05) is 43.6 Å². The third-order valence-corrected chi connectivity index (χ3v) is 7.29. The lowest BCUT2D eigenvalue weighted by molar-refractivity contribution is -0.120. The van der Waals surface area contributed by atoms with Gasteiger partial charge in [0.1, 0.15) is 4.90 Å². The minimum atomic E-state index is -3.67. The van der Waals surface area contributed by atoms with Gasteiger partial charge in [-0.25, -0.2) is 8.42 Å². The average Bonchev–Trinajstić information content (AvgIpc) is 3.39. The molecule has 4 rings (SSSR count). The Morgan fingerprint density at radius 1 is 1.26 bits per heavy atom. The molecule has 1 saturated heterocycles. The van der Waals surface area contributed by atoms with Crippen LogP contribution in [0.25, 0.3) is 0 Å². The van der Waals surface area contributed by atoms with Gasteiger partial charge in [-0.05, 0) is 30.5 Å². The molecule has 3 aromatic rings. The van der Waals surface area contributed by atoms with Crippen LogP contribution in [0.5, 0.6) is 0 Å². The van der Waals surface area contributed by atoms with Crippen LogP contribution in [-0.2, 0) is 28.4 Å². The third kappa shape index (κ3) is 4.97. The molecule has 0 radical (unpaired) electrons. The van der Waals surface area contributed by atoms with Crippen molar-refractivity contribution in [3.63, 3.8) is 0 Å². The Balaban J connectivity index is 1.38. The fourth-order valence-electron chi connectivity index (χ4n) is 3.58. The highest BCUT2D eigenvalue weighted by atomic mass is 35.5. The minimum Gasteiger partial charge on any atom is -0.309 e. The van der Waals surface area contributed by atoms with Crippen molar-refractivity contribution in [3.8, 4) is 0 Å². The normalized spacial score (nSPS) is 17.5. The first kappa shape index (κ1) is 21.5. The van der Waals surface area contributed by atoms with E-state index in [1.165, 1.54) is 21.4 Å². The highest BCUT2D eigenvalue weighted by Crippen LogP contribution is 2.24. The van der Waals surface area contributed by atoms with E-state index in [1.54, 1.807) is 24.0 Å². The molecule has 164 valence electrons. The summed E-state index contributed by atoms with van der Waals surface area (Å²) < 4.78 is 30.2. The SMILES string of the molecule is Cn1cc(S(=O)(=O)N2CCC[C@H](C(=O)Nc3ccn(Cc4ccc(Cl)cc4)n3)C2)cn1. The summed E-state index contributed by atoms with van der Waals surface area (Å²) in [6.45, 7) is 1.07. The topological polar surface area (TPSA) is 102 Å². The van der Waals surface area contributed by atoms with Gasteiger partial charge in [-0.15, -0.1) is 0 Å². The molecule has 1 aliphatic rings. The number of anilines is 1. The number of hydrogen-bond acceptors (Lipinski definition) is 5. The summed E-state index contributed by atoms with van der Waals surface area (Å²) in [5.41, 5.74) is 1.04. The molecule has 0 saturated carbocycles. The molecule has 0 aliphatic carbocycles. The smallest absolute Gasteiger partial charge is 0.246 e. The maximum Gasteiger partial charge on any atom is 0.246 e. The maximum absolute atomic E-state index is 12.8. The fraction of sp³-hybridized carbons (Fsp3) is 0.350. The monoisotopic (exact) mass is 462 g/mol. The molecule has 0 spiro atoms. The van der Waals surface area contributed by atoms with E-state index in [2.05, 4.69) is 15.5 Å². The predicted molar refractivity (Wildman–Crippen MR) is 116 cm³/mol. The molecule has 9 nitrogen and oxygen atoms in total. The Morgan fingerprint density at radius 2 is 2.03 bits per heavy atom. The minimum absolute atomic E-state index is 0.133. The van der Waals surface area contributed by atoms with Crippen LogP contribution in [0.1, 0.15) is 18.4 Å².